The molecule has 1 unspecified atom stereocenters. The third-order valence-electron chi connectivity index (χ3n) is 6.37. The molecule has 15 heteroatoms. The summed E-state index contributed by atoms with van der Waals surface area (Å²) in [6, 6.07) is 3.66. The number of likely N-dealkylation sites (N-methyl/N-ethyl adjacent to an activating group) is 2. The summed E-state index contributed by atoms with van der Waals surface area (Å²) in [7, 11) is 4.00. The molecule has 1 aromatic heterocycles. The van der Waals surface area contributed by atoms with Crippen LogP contribution >= 0.6 is 31.9 Å². The fourth-order valence-electron chi connectivity index (χ4n) is 4.32. The number of allylic oxidation sites excluding steroid dienone is 1. The molecule has 1 atom stereocenters. The Bertz CT molecular complexity index is 1370. The van der Waals surface area contributed by atoms with E-state index in [-0.39, 0.29) is 35.1 Å². The van der Waals surface area contributed by atoms with Crippen LogP contribution in [-0.2, 0) is 15.2 Å². The molecule has 0 spiro atoms. The number of hydrogen-bond acceptors (Lipinski definition) is 4. The molecular weight excluding hydrogens is 695 g/mol. The van der Waals surface area contributed by atoms with Crippen LogP contribution in [0, 0.1) is 5.92 Å². The number of hydrogen-bond donors (Lipinski definition) is 0. The van der Waals surface area contributed by atoms with Crippen LogP contribution < -0.4 is 4.90 Å². The molecule has 0 saturated carbocycles. The molecule has 0 bridgehead atoms. The first-order chi connectivity index (χ1) is 18.9. The van der Waals surface area contributed by atoms with Gasteiger partial charge in [-0.05, 0) is 68.5 Å². The van der Waals surface area contributed by atoms with Crippen molar-refractivity contribution in [3.63, 3.8) is 0 Å². The molecule has 0 aliphatic heterocycles. The lowest BCUT2D eigenvalue weighted by atomic mass is 9.91. The number of ether oxygens (including phenoxy) is 1. The smallest absolute Gasteiger partial charge is 0.435 e. The van der Waals surface area contributed by atoms with Crippen molar-refractivity contribution in [3.05, 3.63) is 79.8 Å². The highest BCUT2D eigenvalue weighted by atomic mass is 79.9. The zero-order valence-corrected chi connectivity index (χ0v) is 25.0. The van der Waals surface area contributed by atoms with Gasteiger partial charge in [0.1, 0.15) is 0 Å². The van der Waals surface area contributed by atoms with Crippen LogP contribution in [0.5, 0.6) is 0 Å². The van der Waals surface area contributed by atoms with Gasteiger partial charge in [0.2, 0.25) is 0 Å². The molecule has 1 aliphatic rings. The summed E-state index contributed by atoms with van der Waals surface area (Å²) in [4.78, 5) is 32.9. The molecule has 6 nitrogen and oxygen atoms in total. The third kappa shape index (κ3) is 6.01. The van der Waals surface area contributed by atoms with Crippen molar-refractivity contribution in [2.75, 3.05) is 26.1 Å². The minimum atomic E-state index is -6.31. The number of nitrogens with zero attached hydrogens (tertiary/aromatic N) is 3. The number of halogens is 9. The van der Waals surface area contributed by atoms with E-state index >= 15 is 0 Å². The first-order valence-corrected chi connectivity index (χ1v) is 13.2. The predicted octanol–water partition coefficient (Wildman–Crippen LogP) is 7.46. The number of amides is 2. The summed E-state index contributed by atoms with van der Waals surface area (Å²) in [6.45, 7) is 1.78. The number of alkyl halides is 7. The van der Waals surface area contributed by atoms with E-state index in [4.69, 9.17) is 4.74 Å². The zero-order chi connectivity index (χ0) is 31.1. The predicted molar refractivity (Wildman–Crippen MR) is 142 cm³/mol. The van der Waals surface area contributed by atoms with E-state index in [0.29, 0.717) is 17.7 Å². The zero-order valence-electron chi connectivity index (χ0n) is 21.8. The highest BCUT2D eigenvalue weighted by Gasteiger charge is 2.73. The van der Waals surface area contributed by atoms with Gasteiger partial charge < -0.3 is 14.5 Å². The molecular formula is C26H22Br2F7N3O3. The Hall–Kier alpha value is -2.94. The van der Waals surface area contributed by atoms with Gasteiger partial charge >= 0.3 is 18.0 Å². The number of rotatable bonds is 6. The molecule has 0 radical (unpaired) electrons. The molecule has 1 aliphatic carbocycles. The van der Waals surface area contributed by atoms with E-state index in [1.54, 1.807) is 13.0 Å². The van der Waals surface area contributed by atoms with Crippen molar-refractivity contribution >= 4 is 49.4 Å². The lowest BCUT2D eigenvalue weighted by Gasteiger charge is -2.32. The summed E-state index contributed by atoms with van der Waals surface area (Å²) >= 11 is 5.80. The number of anilines is 1. The minimum absolute atomic E-state index is 0.0469. The van der Waals surface area contributed by atoms with Crippen molar-refractivity contribution in [2.24, 2.45) is 5.92 Å². The van der Waals surface area contributed by atoms with Crippen LogP contribution in [0.2, 0.25) is 0 Å². The lowest BCUT2D eigenvalue weighted by molar-refractivity contribution is -0.348. The third-order valence-corrected chi connectivity index (χ3v) is 7.58. The Labute approximate surface area is 247 Å². The normalized spacial score (nSPS) is 16.3. The number of pyridine rings is 1. The van der Waals surface area contributed by atoms with Gasteiger partial charge in [0, 0.05) is 46.6 Å². The van der Waals surface area contributed by atoms with Crippen LogP contribution in [0.3, 0.4) is 0 Å². The molecule has 0 saturated heterocycles. The Morgan fingerprint density at radius 3 is 1.90 bits per heavy atom. The van der Waals surface area contributed by atoms with E-state index in [0.717, 1.165) is 4.90 Å². The van der Waals surface area contributed by atoms with Gasteiger partial charge in [-0.1, -0.05) is 13.0 Å². The van der Waals surface area contributed by atoms with E-state index in [1.165, 1.54) is 50.6 Å². The van der Waals surface area contributed by atoms with E-state index in [9.17, 15) is 40.3 Å². The summed E-state index contributed by atoms with van der Waals surface area (Å²) < 4.78 is 99.3. The topological polar surface area (TPSA) is 62.7 Å². The van der Waals surface area contributed by atoms with Gasteiger partial charge in [-0.2, -0.15) is 26.3 Å². The second-order valence-corrected chi connectivity index (χ2v) is 10.9. The van der Waals surface area contributed by atoms with Gasteiger partial charge in [-0.25, -0.2) is 4.39 Å². The number of benzene rings is 1. The molecule has 41 heavy (non-hydrogen) atoms. The molecule has 1 aromatic carbocycles. The molecule has 1 heterocycles. The Balaban J connectivity index is 2.06. The Kier molecular flexibility index (Phi) is 9.33. The fraction of sp³-hybridized carbons (Fsp3) is 0.346. The summed E-state index contributed by atoms with van der Waals surface area (Å²) in [5.74, 6) is -1.38. The monoisotopic (exact) mass is 715 g/mol. The van der Waals surface area contributed by atoms with Gasteiger partial charge in [0.25, 0.3) is 11.8 Å². The molecule has 222 valence electrons. The maximum Gasteiger partial charge on any atom is 0.435 e. The van der Waals surface area contributed by atoms with Crippen LogP contribution in [-0.4, -0.2) is 55.3 Å². The van der Waals surface area contributed by atoms with Crippen molar-refractivity contribution in [1.82, 2.24) is 9.88 Å². The number of methoxy groups -OCH3 is 1. The standard InChI is InChI=1S/C26H22Br2F7N3O3/c1-13-9-16(21(41-4)19(10-13)37(2)22(39)14-5-7-36-8-6-14)23(40)38(3)20-17(27)11-15(12-18(20)28)24(29,25(30,31)32)26(33,34)35/h5-8,10-13H,9H2,1-4H3. The first-order valence-electron chi connectivity index (χ1n) is 11.6. The van der Waals surface area contributed by atoms with Crippen LogP contribution in [0.15, 0.2) is 68.7 Å². The summed E-state index contributed by atoms with van der Waals surface area (Å²) in [6.07, 6.45) is -7.89. The van der Waals surface area contributed by atoms with Crippen molar-refractivity contribution in [2.45, 2.75) is 31.4 Å². The van der Waals surface area contributed by atoms with E-state index in [2.05, 4.69) is 36.8 Å². The van der Waals surface area contributed by atoms with Crippen LogP contribution in [0.4, 0.5) is 36.4 Å². The Morgan fingerprint density at radius 2 is 1.44 bits per heavy atom. The maximum atomic E-state index is 14.7. The number of aromatic nitrogens is 1. The number of carbonyl (C=O) groups excluding carboxylic acids is 2. The maximum absolute atomic E-state index is 14.7. The Morgan fingerprint density at radius 1 is 0.927 bits per heavy atom. The van der Waals surface area contributed by atoms with Gasteiger partial charge in [-0.3, -0.25) is 14.6 Å². The molecule has 3 rings (SSSR count). The van der Waals surface area contributed by atoms with Gasteiger partial charge in [0.05, 0.1) is 24.1 Å². The molecule has 2 amide bonds. The van der Waals surface area contributed by atoms with Crippen LogP contribution in [0.1, 0.15) is 29.3 Å². The first kappa shape index (κ1) is 32.6. The van der Waals surface area contributed by atoms with Gasteiger partial charge in [0.15, 0.2) is 5.76 Å². The van der Waals surface area contributed by atoms with Crippen molar-refractivity contribution in [1.29, 1.82) is 0 Å². The molecule has 0 fully saturated rings. The largest absolute Gasteiger partial charge is 0.494 e. The SMILES string of the molecule is COC1=C(C(=O)N(C)c2c(Br)cc(C(F)(C(F)(F)F)C(F)(F)F)cc2Br)CC(C)C=C1N(C)C(=O)c1ccncc1. The quantitative estimate of drug-likeness (QED) is 0.292. The van der Waals surface area contributed by atoms with Crippen LogP contribution in [0.25, 0.3) is 0 Å². The number of carbonyl (C=O) groups is 2. The second kappa shape index (κ2) is 11.7. The highest BCUT2D eigenvalue weighted by Crippen LogP contribution is 2.55. The van der Waals surface area contributed by atoms with E-state index < -0.39 is 44.3 Å². The van der Waals surface area contributed by atoms with Crippen molar-refractivity contribution < 1.29 is 45.1 Å². The molecule has 2 aromatic rings. The summed E-state index contributed by atoms with van der Waals surface area (Å²) in [5, 5.41) is 0. The second-order valence-electron chi connectivity index (χ2n) is 9.15. The minimum Gasteiger partial charge on any atom is -0.494 e. The lowest BCUT2D eigenvalue weighted by Crippen LogP contribution is -2.50. The fourth-order valence-corrected chi connectivity index (χ4v) is 6.04. The molecule has 0 N–H and O–H groups in total. The average Bonchev–Trinajstić information content (AvgIpc) is 2.89. The van der Waals surface area contributed by atoms with E-state index in [1.807, 2.05) is 0 Å². The van der Waals surface area contributed by atoms with Gasteiger partial charge in [-0.15, -0.1) is 0 Å². The van der Waals surface area contributed by atoms with Crippen molar-refractivity contribution in [3.8, 4) is 0 Å². The highest BCUT2D eigenvalue weighted by molar-refractivity contribution is 9.11. The summed E-state index contributed by atoms with van der Waals surface area (Å²) in [5.41, 5.74) is -6.89. The average molecular weight is 717 g/mol.